The average Bonchev–Trinajstić information content (AvgIpc) is 3.20. The van der Waals surface area contributed by atoms with E-state index in [0.717, 1.165) is 24.4 Å². The van der Waals surface area contributed by atoms with E-state index in [2.05, 4.69) is 0 Å². The molecule has 2 aliphatic carbocycles. The topological polar surface area (TPSA) is 124 Å². The van der Waals surface area contributed by atoms with Crippen molar-refractivity contribution in [1.82, 2.24) is 0 Å². The zero-order chi connectivity index (χ0) is 22.4. The van der Waals surface area contributed by atoms with Gasteiger partial charge in [0.25, 0.3) is 0 Å². The third kappa shape index (κ3) is 4.33. The zero-order valence-corrected chi connectivity index (χ0v) is 18.7. The van der Waals surface area contributed by atoms with E-state index in [1.165, 1.54) is 0 Å². The maximum absolute atomic E-state index is 11.1. The van der Waals surface area contributed by atoms with E-state index in [9.17, 15) is 25.5 Å². The van der Waals surface area contributed by atoms with Crippen LogP contribution in [0.2, 0.25) is 0 Å². The fourth-order valence-corrected chi connectivity index (χ4v) is 6.27. The van der Waals surface area contributed by atoms with Crippen molar-refractivity contribution in [2.45, 2.75) is 95.6 Å². The van der Waals surface area contributed by atoms with Crippen LogP contribution in [0.15, 0.2) is 16.5 Å². The fraction of sp³-hybridized carbons (Fsp3) is 0.833. The Labute approximate surface area is 184 Å². The van der Waals surface area contributed by atoms with Crippen LogP contribution in [-0.4, -0.2) is 68.3 Å². The summed E-state index contributed by atoms with van der Waals surface area (Å²) in [7, 11) is 0. The second-order valence-corrected chi connectivity index (χ2v) is 10.2. The molecule has 0 amide bonds. The first-order valence-corrected chi connectivity index (χ1v) is 11.8. The number of aliphatic hydroxyl groups is 5. The number of ether oxygens (including phenoxy) is 1. The number of aryl methyl sites for hydroxylation is 1. The minimum Gasteiger partial charge on any atom is -0.466 e. The molecule has 3 aliphatic rings. The Bertz CT molecular complexity index is 723. The van der Waals surface area contributed by atoms with Crippen LogP contribution in [0.4, 0.5) is 0 Å². The minimum atomic E-state index is -1.17. The van der Waals surface area contributed by atoms with Gasteiger partial charge in [-0.15, -0.1) is 0 Å². The summed E-state index contributed by atoms with van der Waals surface area (Å²) in [6.45, 7) is 6.12. The van der Waals surface area contributed by atoms with Crippen LogP contribution in [0.1, 0.15) is 51.6 Å². The van der Waals surface area contributed by atoms with E-state index < -0.39 is 36.6 Å². The van der Waals surface area contributed by atoms with Crippen molar-refractivity contribution in [2.24, 2.45) is 29.6 Å². The summed E-state index contributed by atoms with van der Waals surface area (Å²) in [6.07, 6.45) is -2.61. The number of hydrogen-bond acceptors (Lipinski definition) is 7. The third-order valence-electron chi connectivity index (χ3n) is 8.22. The van der Waals surface area contributed by atoms with Gasteiger partial charge in [-0.2, -0.15) is 0 Å². The maximum atomic E-state index is 11.1. The van der Waals surface area contributed by atoms with Crippen molar-refractivity contribution in [1.29, 1.82) is 0 Å². The molecule has 5 N–H and O–H groups in total. The zero-order valence-electron chi connectivity index (χ0n) is 18.7. The van der Waals surface area contributed by atoms with Crippen LogP contribution in [0.3, 0.4) is 0 Å². The van der Waals surface area contributed by atoms with Gasteiger partial charge in [-0.05, 0) is 55.1 Å². The number of hydrogen-bond donors (Lipinski definition) is 5. The number of aliphatic hydroxyl groups excluding tert-OH is 5. The molecule has 1 aromatic heterocycles. The van der Waals surface area contributed by atoms with Gasteiger partial charge in [0.15, 0.2) is 0 Å². The van der Waals surface area contributed by atoms with Gasteiger partial charge in [0, 0.05) is 18.8 Å². The van der Waals surface area contributed by atoms with Crippen molar-refractivity contribution in [2.75, 3.05) is 0 Å². The Morgan fingerprint density at radius 3 is 2.10 bits per heavy atom. The molecular weight excluding hydrogens is 400 g/mol. The molecule has 0 bridgehead atoms. The Morgan fingerprint density at radius 1 is 0.839 bits per heavy atom. The van der Waals surface area contributed by atoms with Crippen molar-refractivity contribution >= 4 is 0 Å². The lowest BCUT2D eigenvalue weighted by atomic mass is 9.62. The largest absolute Gasteiger partial charge is 0.466 e. The van der Waals surface area contributed by atoms with E-state index in [1.54, 1.807) is 0 Å². The highest BCUT2D eigenvalue weighted by atomic mass is 16.5. The van der Waals surface area contributed by atoms with Gasteiger partial charge in [-0.25, -0.2) is 0 Å². The highest BCUT2D eigenvalue weighted by Gasteiger charge is 2.54. The standard InChI is InChI=1S/C24H38O7/c1-4-14-5-6-15(30-14)10-17-20(27)11(2)7-16-12(3)21(28)23(31-24(16)17)13-8-18(25)22(29)19(26)9-13/h5-6,11-13,16-29H,4,7-10H2,1-3H3. The summed E-state index contributed by atoms with van der Waals surface area (Å²) in [4.78, 5) is 0. The molecule has 10 unspecified atom stereocenters. The normalized spacial score (nSPS) is 48.4. The molecule has 0 radical (unpaired) electrons. The van der Waals surface area contributed by atoms with E-state index in [0.29, 0.717) is 6.42 Å². The van der Waals surface area contributed by atoms with Crippen LogP contribution in [-0.2, 0) is 17.6 Å². The second kappa shape index (κ2) is 9.12. The van der Waals surface area contributed by atoms with Gasteiger partial charge >= 0.3 is 0 Å². The Hall–Kier alpha value is -0.960. The number of fused-ring (bicyclic) bond motifs is 1. The minimum absolute atomic E-state index is 0.0369. The summed E-state index contributed by atoms with van der Waals surface area (Å²) in [5.41, 5.74) is 0. The molecule has 2 heterocycles. The molecule has 2 saturated carbocycles. The molecule has 1 saturated heterocycles. The maximum Gasteiger partial charge on any atom is 0.106 e. The van der Waals surface area contributed by atoms with Crippen LogP contribution in [0, 0.1) is 29.6 Å². The smallest absolute Gasteiger partial charge is 0.106 e. The summed E-state index contributed by atoms with van der Waals surface area (Å²) in [5, 5.41) is 52.5. The first-order valence-electron chi connectivity index (χ1n) is 11.8. The van der Waals surface area contributed by atoms with Gasteiger partial charge in [0.05, 0.1) is 36.6 Å². The molecule has 0 spiro atoms. The third-order valence-corrected chi connectivity index (χ3v) is 8.22. The molecule has 176 valence electrons. The van der Waals surface area contributed by atoms with E-state index in [1.807, 2.05) is 32.9 Å². The summed E-state index contributed by atoms with van der Waals surface area (Å²) in [5.74, 6) is 1.49. The molecular formula is C24H38O7. The Kier molecular flexibility index (Phi) is 6.83. The van der Waals surface area contributed by atoms with Gasteiger partial charge in [-0.3, -0.25) is 0 Å². The van der Waals surface area contributed by atoms with Crippen molar-refractivity contribution in [3.63, 3.8) is 0 Å². The average molecular weight is 439 g/mol. The molecule has 3 fully saturated rings. The van der Waals surface area contributed by atoms with Gasteiger partial charge in [0.1, 0.15) is 17.6 Å². The summed E-state index contributed by atoms with van der Waals surface area (Å²) >= 11 is 0. The van der Waals surface area contributed by atoms with Crippen LogP contribution >= 0.6 is 0 Å². The molecule has 10 atom stereocenters. The van der Waals surface area contributed by atoms with E-state index in [-0.39, 0.29) is 48.5 Å². The number of rotatable bonds is 4. The molecule has 7 heteroatoms. The second-order valence-electron chi connectivity index (χ2n) is 10.2. The first-order chi connectivity index (χ1) is 14.7. The van der Waals surface area contributed by atoms with Gasteiger partial charge in [-0.1, -0.05) is 20.8 Å². The summed E-state index contributed by atoms with van der Waals surface area (Å²) < 4.78 is 12.4. The SMILES string of the molecule is CCc1ccc(CC2C(O)C(C)CC3C(C)C(O)C(C4CC(O)C(O)C(O)C4)OC32)o1. The van der Waals surface area contributed by atoms with Crippen LogP contribution < -0.4 is 0 Å². The van der Waals surface area contributed by atoms with Gasteiger partial charge < -0.3 is 34.7 Å². The first kappa shape index (κ1) is 23.2. The molecule has 4 rings (SSSR count). The monoisotopic (exact) mass is 438 g/mol. The molecule has 1 aromatic rings. The summed E-state index contributed by atoms with van der Waals surface area (Å²) in [6, 6.07) is 3.94. The van der Waals surface area contributed by atoms with Crippen molar-refractivity contribution in [3.8, 4) is 0 Å². The number of furan rings is 1. The molecule has 0 aromatic carbocycles. The Morgan fingerprint density at radius 2 is 1.48 bits per heavy atom. The van der Waals surface area contributed by atoms with Crippen molar-refractivity contribution in [3.05, 3.63) is 23.7 Å². The molecule has 31 heavy (non-hydrogen) atoms. The van der Waals surface area contributed by atoms with E-state index in [4.69, 9.17) is 9.15 Å². The predicted octanol–water partition coefficient (Wildman–Crippen LogP) is 1.27. The molecule has 7 nitrogen and oxygen atoms in total. The van der Waals surface area contributed by atoms with Crippen LogP contribution in [0.5, 0.6) is 0 Å². The quantitative estimate of drug-likeness (QED) is 0.480. The Balaban J connectivity index is 1.58. The lowest BCUT2D eigenvalue weighted by Crippen LogP contribution is -2.61. The van der Waals surface area contributed by atoms with Crippen LogP contribution in [0.25, 0.3) is 0 Å². The van der Waals surface area contributed by atoms with E-state index >= 15 is 0 Å². The lowest BCUT2D eigenvalue weighted by molar-refractivity contribution is -0.246. The highest BCUT2D eigenvalue weighted by Crippen LogP contribution is 2.48. The van der Waals surface area contributed by atoms with Crippen molar-refractivity contribution < 1.29 is 34.7 Å². The fourth-order valence-electron chi connectivity index (χ4n) is 6.27. The van der Waals surface area contributed by atoms with Gasteiger partial charge in [0.2, 0.25) is 0 Å². The lowest BCUT2D eigenvalue weighted by Gasteiger charge is -2.54. The highest BCUT2D eigenvalue weighted by molar-refractivity contribution is 5.11. The predicted molar refractivity (Wildman–Crippen MR) is 113 cm³/mol. The molecule has 1 aliphatic heterocycles.